The van der Waals surface area contributed by atoms with E-state index in [1.165, 1.54) is 0 Å². The first-order valence-electron chi connectivity index (χ1n) is 6.48. The van der Waals surface area contributed by atoms with Gasteiger partial charge in [0.15, 0.2) is 6.29 Å². The molecule has 4 heteroatoms. The number of rotatable bonds is 3. The fourth-order valence-electron chi connectivity index (χ4n) is 2.52. The molecule has 3 aromatic rings. The third kappa shape index (κ3) is 2.21. The van der Waals surface area contributed by atoms with Crippen LogP contribution in [-0.4, -0.2) is 16.5 Å². The zero-order valence-electron chi connectivity index (χ0n) is 11.3. The molecule has 0 aliphatic heterocycles. The van der Waals surface area contributed by atoms with E-state index in [0.29, 0.717) is 22.4 Å². The Balaban J connectivity index is 2.25. The monoisotopic (exact) mass is 341 g/mol. The lowest BCUT2D eigenvalue weighted by atomic mass is 10.0. The summed E-state index contributed by atoms with van der Waals surface area (Å²) in [6.07, 6.45) is 2.62. The SMILES string of the molecule is Cc1c(C=O)c2ccccn2c1C(=O)c1ccc(Br)cc1. The average Bonchev–Trinajstić information content (AvgIpc) is 2.78. The van der Waals surface area contributed by atoms with Gasteiger partial charge in [-0.1, -0.05) is 22.0 Å². The topological polar surface area (TPSA) is 38.5 Å². The highest BCUT2D eigenvalue weighted by molar-refractivity contribution is 9.10. The van der Waals surface area contributed by atoms with Crippen molar-refractivity contribution in [3.63, 3.8) is 0 Å². The second-order valence-electron chi connectivity index (χ2n) is 4.80. The third-order valence-corrected chi connectivity index (χ3v) is 4.10. The maximum absolute atomic E-state index is 12.8. The molecule has 0 radical (unpaired) electrons. The van der Waals surface area contributed by atoms with Crippen LogP contribution in [0.1, 0.15) is 32.0 Å². The van der Waals surface area contributed by atoms with Crippen LogP contribution in [0.15, 0.2) is 53.1 Å². The van der Waals surface area contributed by atoms with Gasteiger partial charge in [0.05, 0.1) is 11.2 Å². The molecule has 0 spiro atoms. The summed E-state index contributed by atoms with van der Waals surface area (Å²) in [6, 6.07) is 12.8. The lowest BCUT2D eigenvalue weighted by Crippen LogP contribution is -2.06. The number of hydrogen-bond donors (Lipinski definition) is 0. The second kappa shape index (κ2) is 5.30. The van der Waals surface area contributed by atoms with Crippen LogP contribution in [0.5, 0.6) is 0 Å². The summed E-state index contributed by atoms with van der Waals surface area (Å²) in [5.41, 5.74) is 3.17. The Morgan fingerprint density at radius 2 is 1.86 bits per heavy atom. The van der Waals surface area contributed by atoms with Gasteiger partial charge in [-0.05, 0) is 48.9 Å². The molecule has 0 saturated carbocycles. The predicted octanol–water partition coefficient (Wildman–Crippen LogP) is 4.05. The molecule has 0 aliphatic rings. The van der Waals surface area contributed by atoms with Gasteiger partial charge in [-0.15, -0.1) is 0 Å². The van der Waals surface area contributed by atoms with Crippen molar-refractivity contribution in [2.24, 2.45) is 0 Å². The molecule has 0 unspecified atom stereocenters. The Morgan fingerprint density at radius 1 is 1.14 bits per heavy atom. The van der Waals surface area contributed by atoms with Gasteiger partial charge in [-0.2, -0.15) is 0 Å². The lowest BCUT2D eigenvalue weighted by molar-refractivity contribution is 0.103. The zero-order chi connectivity index (χ0) is 15.0. The zero-order valence-corrected chi connectivity index (χ0v) is 12.9. The molecule has 1 aromatic carbocycles. The number of fused-ring (bicyclic) bond motifs is 1. The number of ketones is 1. The summed E-state index contributed by atoms with van der Waals surface area (Å²) < 4.78 is 2.70. The molecule has 21 heavy (non-hydrogen) atoms. The van der Waals surface area contributed by atoms with Crippen LogP contribution in [0.4, 0.5) is 0 Å². The van der Waals surface area contributed by atoms with Crippen LogP contribution < -0.4 is 0 Å². The van der Waals surface area contributed by atoms with Crippen molar-refractivity contribution < 1.29 is 9.59 Å². The van der Waals surface area contributed by atoms with E-state index < -0.39 is 0 Å². The molecule has 0 atom stereocenters. The quantitative estimate of drug-likeness (QED) is 0.532. The Hall–Kier alpha value is -2.20. The smallest absolute Gasteiger partial charge is 0.210 e. The second-order valence-corrected chi connectivity index (χ2v) is 5.71. The normalized spacial score (nSPS) is 10.8. The molecule has 2 heterocycles. The van der Waals surface area contributed by atoms with Crippen molar-refractivity contribution in [3.8, 4) is 0 Å². The summed E-state index contributed by atoms with van der Waals surface area (Å²) in [5, 5.41) is 0. The molecule has 0 bridgehead atoms. The van der Waals surface area contributed by atoms with Crippen molar-refractivity contribution in [1.29, 1.82) is 0 Å². The van der Waals surface area contributed by atoms with Gasteiger partial charge in [0.2, 0.25) is 5.78 Å². The minimum Gasteiger partial charge on any atom is -0.313 e. The Kier molecular flexibility index (Phi) is 3.47. The number of halogens is 1. The Morgan fingerprint density at radius 3 is 2.52 bits per heavy atom. The predicted molar refractivity (Wildman–Crippen MR) is 85.1 cm³/mol. The molecule has 0 N–H and O–H groups in total. The molecule has 0 fully saturated rings. The minimum atomic E-state index is -0.0886. The maximum atomic E-state index is 12.8. The van der Waals surface area contributed by atoms with Gasteiger partial charge in [0.1, 0.15) is 0 Å². The molecule has 3 rings (SSSR count). The van der Waals surface area contributed by atoms with Gasteiger partial charge in [-0.25, -0.2) is 0 Å². The number of nitrogens with zero attached hydrogens (tertiary/aromatic N) is 1. The summed E-state index contributed by atoms with van der Waals surface area (Å²) >= 11 is 3.36. The van der Waals surface area contributed by atoms with Crippen LogP contribution in [-0.2, 0) is 0 Å². The van der Waals surface area contributed by atoms with Gasteiger partial charge in [0, 0.05) is 21.8 Å². The number of aromatic nitrogens is 1. The summed E-state index contributed by atoms with van der Waals surface area (Å²) in [5.74, 6) is -0.0886. The fourth-order valence-corrected chi connectivity index (χ4v) is 2.79. The van der Waals surface area contributed by atoms with Crippen molar-refractivity contribution in [2.75, 3.05) is 0 Å². The number of carbonyl (C=O) groups is 2. The maximum Gasteiger partial charge on any atom is 0.210 e. The fraction of sp³-hybridized carbons (Fsp3) is 0.0588. The summed E-state index contributed by atoms with van der Waals surface area (Å²) in [6.45, 7) is 1.81. The number of aldehydes is 1. The highest BCUT2D eigenvalue weighted by Gasteiger charge is 2.20. The number of hydrogen-bond acceptors (Lipinski definition) is 2. The van der Waals surface area contributed by atoms with Gasteiger partial charge in [0.25, 0.3) is 0 Å². The van der Waals surface area contributed by atoms with Gasteiger partial charge < -0.3 is 4.40 Å². The molecule has 0 aliphatic carbocycles. The van der Waals surface area contributed by atoms with E-state index in [1.54, 1.807) is 22.7 Å². The molecule has 2 aromatic heterocycles. The van der Waals surface area contributed by atoms with E-state index in [9.17, 15) is 9.59 Å². The first-order valence-corrected chi connectivity index (χ1v) is 7.28. The molecule has 104 valence electrons. The van der Waals surface area contributed by atoms with E-state index in [4.69, 9.17) is 0 Å². The number of benzene rings is 1. The number of pyridine rings is 1. The van der Waals surface area contributed by atoms with E-state index in [-0.39, 0.29) is 5.78 Å². The molecule has 0 saturated heterocycles. The Labute approximate surface area is 130 Å². The standard InChI is InChI=1S/C17H12BrNO2/c1-11-14(10-20)15-4-2-3-9-19(15)16(11)17(21)12-5-7-13(18)8-6-12/h2-10H,1H3. The minimum absolute atomic E-state index is 0.0886. The van der Waals surface area contributed by atoms with Gasteiger partial charge >= 0.3 is 0 Å². The highest BCUT2D eigenvalue weighted by Crippen LogP contribution is 2.24. The lowest BCUT2D eigenvalue weighted by Gasteiger charge is -2.04. The van der Waals surface area contributed by atoms with Crippen LogP contribution >= 0.6 is 15.9 Å². The van der Waals surface area contributed by atoms with Crippen molar-refractivity contribution in [1.82, 2.24) is 4.40 Å². The van der Waals surface area contributed by atoms with E-state index in [0.717, 1.165) is 16.3 Å². The van der Waals surface area contributed by atoms with Crippen LogP contribution in [0.2, 0.25) is 0 Å². The van der Waals surface area contributed by atoms with Crippen molar-refractivity contribution in [3.05, 3.63) is 75.5 Å². The largest absolute Gasteiger partial charge is 0.313 e. The molecule has 0 amide bonds. The molecular formula is C17H12BrNO2. The molecule has 3 nitrogen and oxygen atoms in total. The third-order valence-electron chi connectivity index (χ3n) is 3.58. The highest BCUT2D eigenvalue weighted by atomic mass is 79.9. The van der Waals surface area contributed by atoms with Crippen LogP contribution in [0.3, 0.4) is 0 Å². The van der Waals surface area contributed by atoms with Crippen LogP contribution in [0.25, 0.3) is 5.52 Å². The van der Waals surface area contributed by atoms with E-state index >= 15 is 0 Å². The van der Waals surface area contributed by atoms with Crippen molar-refractivity contribution >= 4 is 33.5 Å². The van der Waals surface area contributed by atoms with Gasteiger partial charge in [-0.3, -0.25) is 9.59 Å². The Bertz CT molecular complexity index is 847. The average molecular weight is 342 g/mol. The van der Waals surface area contributed by atoms with Crippen LogP contribution in [0, 0.1) is 6.92 Å². The molecular weight excluding hydrogens is 330 g/mol. The first kappa shape index (κ1) is 13.8. The van der Waals surface area contributed by atoms with Crippen molar-refractivity contribution in [2.45, 2.75) is 6.92 Å². The summed E-state index contributed by atoms with van der Waals surface area (Å²) in [4.78, 5) is 24.1. The first-order chi connectivity index (χ1) is 10.1. The van der Waals surface area contributed by atoms with E-state index in [2.05, 4.69) is 15.9 Å². The summed E-state index contributed by atoms with van der Waals surface area (Å²) in [7, 11) is 0. The van der Waals surface area contributed by atoms with E-state index in [1.807, 2.05) is 37.3 Å². The number of carbonyl (C=O) groups excluding carboxylic acids is 2.